The number of rotatable bonds is 9. The number of carbonyl (C=O) groups is 1. The van der Waals surface area contributed by atoms with Gasteiger partial charge in [0.2, 0.25) is 5.91 Å². The van der Waals surface area contributed by atoms with Crippen molar-refractivity contribution in [2.75, 3.05) is 17.5 Å². The molecule has 0 heterocycles. The van der Waals surface area contributed by atoms with Gasteiger partial charge in [-0.1, -0.05) is 23.7 Å². The van der Waals surface area contributed by atoms with E-state index in [9.17, 15) is 13.2 Å². The van der Waals surface area contributed by atoms with Crippen LogP contribution in [0.4, 0.5) is 5.69 Å². The molecule has 3 aromatic carbocycles. The van der Waals surface area contributed by atoms with Crippen LogP contribution < -0.4 is 14.4 Å². The van der Waals surface area contributed by atoms with Crippen LogP contribution in [0.3, 0.4) is 0 Å². The largest absolute Gasteiger partial charge is 0.494 e. The zero-order chi connectivity index (χ0) is 25.8. The fraction of sp³-hybridized carbons (Fsp3) is 0.296. The van der Waals surface area contributed by atoms with E-state index >= 15 is 0 Å². The molecule has 0 aromatic heterocycles. The molecular weight excluding hydrogens is 484 g/mol. The molecule has 0 saturated heterocycles. The van der Waals surface area contributed by atoms with Crippen LogP contribution >= 0.6 is 11.6 Å². The molecule has 35 heavy (non-hydrogen) atoms. The first kappa shape index (κ1) is 26.6. The summed E-state index contributed by atoms with van der Waals surface area (Å²) in [6.45, 7) is 9.95. The number of sulfonamides is 1. The SMILES string of the molecule is CCOc1ccc(N(CC(=O)NC(C)c2cc(C)c(C)cc2C)S(=O)(=O)c2ccc(Cl)cc2)cc1. The predicted octanol–water partition coefficient (Wildman–Crippen LogP) is 5.74. The molecular formula is C27H31ClN2O4S. The monoisotopic (exact) mass is 514 g/mol. The molecule has 0 fully saturated rings. The Hall–Kier alpha value is -3.03. The normalized spacial score (nSPS) is 12.2. The summed E-state index contributed by atoms with van der Waals surface area (Å²) in [5.41, 5.74) is 4.73. The summed E-state index contributed by atoms with van der Waals surface area (Å²) >= 11 is 5.95. The van der Waals surface area contributed by atoms with Crippen LogP contribution in [0.1, 0.15) is 42.1 Å². The van der Waals surface area contributed by atoms with Gasteiger partial charge in [-0.15, -0.1) is 0 Å². The molecule has 0 aliphatic heterocycles. The van der Waals surface area contributed by atoms with E-state index in [-0.39, 0.29) is 17.5 Å². The molecule has 0 saturated carbocycles. The first-order valence-electron chi connectivity index (χ1n) is 11.4. The smallest absolute Gasteiger partial charge is 0.264 e. The Morgan fingerprint density at radius 3 is 2.17 bits per heavy atom. The molecule has 186 valence electrons. The van der Waals surface area contributed by atoms with Crippen LogP contribution in [0.15, 0.2) is 65.6 Å². The third-order valence-electron chi connectivity index (χ3n) is 5.85. The number of ether oxygens (including phenoxy) is 1. The van der Waals surface area contributed by atoms with E-state index in [2.05, 4.69) is 17.4 Å². The predicted molar refractivity (Wildman–Crippen MR) is 141 cm³/mol. The van der Waals surface area contributed by atoms with Crippen molar-refractivity contribution in [2.45, 2.75) is 45.6 Å². The number of carbonyl (C=O) groups excluding carboxylic acids is 1. The minimum atomic E-state index is -4.04. The van der Waals surface area contributed by atoms with Crippen LogP contribution in [0, 0.1) is 20.8 Å². The highest BCUT2D eigenvalue weighted by Crippen LogP contribution is 2.27. The minimum Gasteiger partial charge on any atom is -0.494 e. The van der Waals surface area contributed by atoms with Crippen LogP contribution in [0.25, 0.3) is 0 Å². The van der Waals surface area contributed by atoms with Gasteiger partial charge in [0.1, 0.15) is 12.3 Å². The lowest BCUT2D eigenvalue weighted by molar-refractivity contribution is -0.120. The van der Waals surface area contributed by atoms with Gasteiger partial charge in [0.25, 0.3) is 10.0 Å². The van der Waals surface area contributed by atoms with Crippen molar-refractivity contribution in [2.24, 2.45) is 0 Å². The quantitative estimate of drug-likeness (QED) is 0.395. The summed E-state index contributed by atoms with van der Waals surface area (Å²) in [5, 5.41) is 3.38. The average molecular weight is 515 g/mol. The molecule has 8 heteroatoms. The highest BCUT2D eigenvalue weighted by atomic mass is 35.5. The van der Waals surface area contributed by atoms with E-state index in [1.54, 1.807) is 24.3 Å². The second kappa shape index (κ2) is 11.1. The second-order valence-electron chi connectivity index (χ2n) is 8.47. The number of anilines is 1. The van der Waals surface area contributed by atoms with Gasteiger partial charge < -0.3 is 10.1 Å². The van der Waals surface area contributed by atoms with Gasteiger partial charge in [0, 0.05) is 5.02 Å². The molecule has 1 N–H and O–H groups in total. The van der Waals surface area contributed by atoms with Crippen LogP contribution in [0.2, 0.25) is 5.02 Å². The molecule has 0 bridgehead atoms. The van der Waals surface area contributed by atoms with Gasteiger partial charge in [-0.2, -0.15) is 0 Å². The summed E-state index contributed by atoms with van der Waals surface area (Å²) in [4.78, 5) is 13.2. The minimum absolute atomic E-state index is 0.0432. The maximum atomic E-state index is 13.6. The number of nitrogens with one attached hydrogen (secondary N) is 1. The zero-order valence-electron chi connectivity index (χ0n) is 20.6. The fourth-order valence-corrected chi connectivity index (χ4v) is 5.42. The number of hydrogen-bond acceptors (Lipinski definition) is 4. The third-order valence-corrected chi connectivity index (χ3v) is 7.89. The van der Waals surface area contributed by atoms with Crippen LogP contribution in [0.5, 0.6) is 5.75 Å². The number of amides is 1. The zero-order valence-corrected chi connectivity index (χ0v) is 22.2. The Morgan fingerprint density at radius 1 is 0.971 bits per heavy atom. The number of halogens is 1. The Labute approximate surface area is 212 Å². The number of nitrogens with zero attached hydrogens (tertiary/aromatic N) is 1. The van der Waals surface area contributed by atoms with E-state index in [1.807, 2.05) is 34.6 Å². The fourth-order valence-electron chi connectivity index (χ4n) is 3.87. The lowest BCUT2D eigenvalue weighted by Crippen LogP contribution is -2.41. The Balaban J connectivity index is 1.91. The summed E-state index contributed by atoms with van der Waals surface area (Å²) < 4.78 is 33.7. The van der Waals surface area contributed by atoms with Gasteiger partial charge in [0.05, 0.1) is 23.2 Å². The van der Waals surface area contributed by atoms with E-state index < -0.39 is 15.9 Å². The van der Waals surface area contributed by atoms with E-state index in [1.165, 1.54) is 29.8 Å². The number of benzene rings is 3. The molecule has 0 radical (unpaired) electrons. The van der Waals surface area contributed by atoms with E-state index in [0.717, 1.165) is 21.0 Å². The van der Waals surface area contributed by atoms with Gasteiger partial charge in [-0.25, -0.2) is 8.42 Å². The summed E-state index contributed by atoms with van der Waals surface area (Å²) in [6, 6.07) is 16.4. The van der Waals surface area contributed by atoms with E-state index in [4.69, 9.17) is 16.3 Å². The second-order valence-corrected chi connectivity index (χ2v) is 10.8. The van der Waals surface area contributed by atoms with Gasteiger partial charge in [0.15, 0.2) is 0 Å². The summed E-state index contributed by atoms with van der Waals surface area (Å²) in [5.74, 6) is 0.199. The first-order valence-corrected chi connectivity index (χ1v) is 13.2. The number of hydrogen-bond donors (Lipinski definition) is 1. The maximum absolute atomic E-state index is 13.6. The topological polar surface area (TPSA) is 75.7 Å². The van der Waals surface area contributed by atoms with Gasteiger partial charge in [-0.3, -0.25) is 9.10 Å². The highest BCUT2D eigenvalue weighted by Gasteiger charge is 2.28. The molecule has 1 amide bonds. The summed E-state index contributed by atoms with van der Waals surface area (Å²) in [7, 11) is -4.04. The van der Waals surface area contributed by atoms with E-state index in [0.29, 0.717) is 23.1 Å². The number of aryl methyl sites for hydroxylation is 3. The molecule has 3 aromatic rings. The van der Waals surface area contributed by atoms with Crippen molar-refractivity contribution < 1.29 is 17.9 Å². The molecule has 3 rings (SSSR count). The van der Waals surface area contributed by atoms with Gasteiger partial charge in [-0.05, 0) is 105 Å². The summed E-state index contributed by atoms with van der Waals surface area (Å²) in [6.07, 6.45) is 0. The molecule has 6 nitrogen and oxygen atoms in total. The Bertz CT molecular complexity index is 1290. The lowest BCUT2D eigenvalue weighted by atomic mass is 9.96. The van der Waals surface area contributed by atoms with Gasteiger partial charge >= 0.3 is 0 Å². The van der Waals surface area contributed by atoms with Crippen molar-refractivity contribution in [3.8, 4) is 5.75 Å². The van der Waals surface area contributed by atoms with Crippen LogP contribution in [-0.4, -0.2) is 27.5 Å². The highest BCUT2D eigenvalue weighted by molar-refractivity contribution is 7.92. The first-order chi connectivity index (χ1) is 16.5. The van der Waals surface area contributed by atoms with Crippen molar-refractivity contribution >= 4 is 33.2 Å². The van der Waals surface area contributed by atoms with Crippen molar-refractivity contribution in [3.05, 3.63) is 87.9 Å². The Kier molecular flexibility index (Phi) is 8.46. The van der Waals surface area contributed by atoms with Crippen LogP contribution in [-0.2, 0) is 14.8 Å². The molecule has 0 aliphatic carbocycles. The Morgan fingerprint density at radius 2 is 1.57 bits per heavy atom. The lowest BCUT2D eigenvalue weighted by Gasteiger charge is -2.26. The average Bonchev–Trinajstić information content (AvgIpc) is 2.81. The molecule has 0 spiro atoms. The third kappa shape index (κ3) is 6.35. The molecule has 1 unspecified atom stereocenters. The molecule has 0 aliphatic rings. The maximum Gasteiger partial charge on any atom is 0.264 e. The van der Waals surface area contributed by atoms with Crippen molar-refractivity contribution in [1.82, 2.24) is 5.32 Å². The van der Waals surface area contributed by atoms with Crippen molar-refractivity contribution in [3.63, 3.8) is 0 Å². The molecule has 1 atom stereocenters. The van der Waals surface area contributed by atoms with Crippen molar-refractivity contribution in [1.29, 1.82) is 0 Å². The standard InChI is InChI=1S/C27H31ClN2O4S/c1-6-34-24-11-9-23(10-12-24)30(35(32,33)25-13-7-22(28)8-14-25)17-27(31)29-21(5)26-16-19(3)18(2)15-20(26)4/h7-16,21H,6,17H2,1-5H3,(H,29,31).